The number of benzene rings is 2. The fourth-order valence-electron chi connectivity index (χ4n) is 2.19. The highest BCUT2D eigenvalue weighted by Gasteiger charge is 2.17. The molecular weight excluding hydrogens is 316 g/mol. The first kappa shape index (κ1) is 15.8. The Morgan fingerprint density at radius 3 is 2.50 bits per heavy atom. The van der Waals surface area contributed by atoms with E-state index < -0.39 is 17.6 Å². The van der Waals surface area contributed by atoms with Crippen LogP contribution in [0.25, 0.3) is 10.9 Å². The number of halogens is 2. The lowest BCUT2D eigenvalue weighted by molar-refractivity contribution is 0.0512. The Bertz CT molecular complexity index is 895. The fraction of sp³-hybridized carbons (Fsp3) is 0.118. The zero-order chi connectivity index (χ0) is 17.1. The summed E-state index contributed by atoms with van der Waals surface area (Å²) in [6, 6.07) is 10.3. The van der Waals surface area contributed by atoms with Crippen LogP contribution in [-0.4, -0.2) is 22.5 Å². The maximum atomic E-state index is 13.9. The van der Waals surface area contributed by atoms with Gasteiger partial charge in [0.25, 0.3) is 0 Å². The van der Waals surface area contributed by atoms with Crippen LogP contribution in [0.2, 0.25) is 0 Å². The molecule has 0 bridgehead atoms. The third-order valence-electron chi connectivity index (χ3n) is 3.27. The van der Waals surface area contributed by atoms with Crippen LogP contribution in [0.5, 0.6) is 0 Å². The van der Waals surface area contributed by atoms with Crippen molar-refractivity contribution in [2.75, 3.05) is 11.9 Å². The fourth-order valence-corrected chi connectivity index (χ4v) is 2.19. The Hall–Kier alpha value is -3.09. The summed E-state index contributed by atoms with van der Waals surface area (Å²) in [5, 5.41) is 3.13. The van der Waals surface area contributed by atoms with Gasteiger partial charge in [-0.2, -0.15) is 0 Å². The first-order valence-corrected chi connectivity index (χ1v) is 7.25. The van der Waals surface area contributed by atoms with Crippen molar-refractivity contribution in [3.05, 3.63) is 59.9 Å². The number of aromatic nitrogens is 2. The number of carbonyl (C=O) groups excluding carboxylic acids is 1. The maximum absolute atomic E-state index is 13.9. The highest BCUT2D eigenvalue weighted by Crippen LogP contribution is 2.27. The smallest absolute Gasteiger partial charge is 0.376 e. The van der Waals surface area contributed by atoms with Crippen LogP contribution in [0.4, 0.5) is 20.3 Å². The average Bonchev–Trinajstić information content (AvgIpc) is 2.58. The number of esters is 1. The van der Waals surface area contributed by atoms with Gasteiger partial charge in [-0.15, -0.1) is 0 Å². The Balaban J connectivity index is 2.13. The summed E-state index contributed by atoms with van der Waals surface area (Å²) < 4.78 is 32.6. The number of nitrogens with one attached hydrogen (secondary N) is 1. The minimum absolute atomic E-state index is 0.118. The highest BCUT2D eigenvalue weighted by atomic mass is 19.1. The number of anilines is 2. The molecule has 24 heavy (non-hydrogen) atoms. The van der Waals surface area contributed by atoms with Crippen LogP contribution in [0.1, 0.15) is 17.5 Å². The van der Waals surface area contributed by atoms with Gasteiger partial charge in [-0.3, -0.25) is 0 Å². The van der Waals surface area contributed by atoms with E-state index in [1.807, 2.05) is 0 Å². The molecule has 3 aromatic rings. The van der Waals surface area contributed by atoms with Crippen molar-refractivity contribution in [1.29, 1.82) is 0 Å². The van der Waals surface area contributed by atoms with E-state index in [1.165, 1.54) is 6.07 Å². The van der Waals surface area contributed by atoms with Crippen molar-refractivity contribution in [1.82, 2.24) is 9.97 Å². The summed E-state index contributed by atoms with van der Waals surface area (Å²) in [4.78, 5) is 20.1. The molecule has 0 aliphatic heterocycles. The summed E-state index contributed by atoms with van der Waals surface area (Å²) >= 11 is 0. The lowest BCUT2D eigenvalue weighted by Gasteiger charge is -2.11. The molecule has 0 saturated carbocycles. The molecule has 0 radical (unpaired) electrons. The van der Waals surface area contributed by atoms with Gasteiger partial charge in [0.05, 0.1) is 12.1 Å². The van der Waals surface area contributed by atoms with Gasteiger partial charge in [0.1, 0.15) is 23.1 Å². The zero-order valence-corrected chi connectivity index (χ0v) is 12.7. The van der Waals surface area contributed by atoms with Crippen molar-refractivity contribution < 1.29 is 18.3 Å². The zero-order valence-electron chi connectivity index (χ0n) is 12.7. The molecule has 122 valence electrons. The predicted octanol–water partition coefficient (Wildman–Crippen LogP) is 3.83. The van der Waals surface area contributed by atoms with E-state index in [1.54, 1.807) is 31.2 Å². The van der Waals surface area contributed by atoms with Crippen LogP contribution < -0.4 is 5.32 Å². The molecule has 0 spiro atoms. The molecule has 0 amide bonds. The monoisotopic (exact) mass is 329 g/mol. The molecule has 5 nitrogen and oxygen atoms in total. The van der Waals surface area contributed by atoms with E-state index in [4.69, 9.17) is 4.74 Å². The largest absolute Gasteiger partial charge is 0.460 e. The molecule has 3 rings (SSSR count). The third kappa shape index (κ3) is 3.01. The van der Waals surface area contributed by atoms with Crippen molar-refractivity contribution >= 4 is 28.4 Å². The molecule has 0 unspecified atom stereocenters. The van der Waals surface area contributed by atoms with Gasteiger partial charge >= 0.3 is 5.97 Å². The van der Waals surface area contributed by atoms with Gasteiger partial charge in [-0.25, -0.2) is 23.5 Å². The second kappa shape index (κ2) is 6.57. The molecule has 1 N–H and O–H groups in total. The predicted molar refractivity (Wildman–Crippen MR) is 85.1 cm³/mol. The Labute approximate surface area is 136 Å². The summed E-state index contributed by atoms with van der Waals surface area (Å²) in [6.07, 6.45) is 0. The van der Waals surface area contributed by atoms with Crippen molar-refractivity contribution in [2.24, 2.45) is 0 Å². The van der Waals surface area contributed by atoms with Crippen molar-refractivity contribution in [3.63, 3.8) is 0 Å². The third-order valence-corrected chi connectivity index (χ3v) is 3.27. The number of rotatable bonds is 4. The number of para-hydroxylation sites is 2. The number of ether oxygens (including phenoxy) is 1. The Kier molecular flexibility index (Phi) is 4.33. The maximum Gasteiger partial charge on any atom is 0.376 e. The minimum atomic E-state index is -0.768. The van der Waals surface area contributed by atoms with E-state index in [0.717, 1.165) is 12.1 Å². The lowest BCUT2D eigenvalue weighted by atomic mass is 10.2. The van der Waals surface area contributed by atoms with Crippen LogP contribution in [0.15, 0.2) is 42.5 Å². The standard InChI is InChI=1S/C17H13F2N3O2/c1-2-24-17(23)16-20-13-9-4-3-6-10(13)15(22-16)21-14-11(18)7-5-8-12(14)19/h3-9H,2H2,1H3,(H,20,21,22). The first-order chi connectivity index (χ1) is 11.6. The Morgan fingerprint density at radius 1 is 1.08 bits per heavy atom. The minimum Gasteiger partial charge on any atom is -0.460 e. The molecule has 0 fully saturated rings. The van der Waals surface area contributed by atoms with Gasteiger partial charge in [0.2, 0.25) is 5.82 Å². The summed E-state index contributed by atoms with van der Waals surface area (Å²) in [5.74, 6) is -2.31. The highest BCUT2D eigenvalue weighted by molar-refractivity contribution is 5.95. The van der Waals surface area contributed by atoms with E-state index in [9.17, 15) is 13.6 Å². The second-order valence-corrected chi connectivity index (χ2v) is 4.86. The topological polar surface area (TPSA) is 64.1 Å². The molecule has 2 aromatic carbocycles. The summed E-state index contributed by atoms with van der Waals surface area (Å²) in [7, 11) is 0. The van der Waals surface area contributed by atoms with Gasteiger partial charge in [0, 0.05) is 5.39 Å². The number of fused-ring (bicyclic) bond motifs is 1. The van der Waals surface area contributed by atoms with Crippen LogP contribution in [0, 0.1) is 11.6 Å². The van der Waals surface area contributed by atoms with Gasteiger partial charge in [-0.05, 0) is 31.2 Å². The number of carbonyl (C=O) groups is 1. The molecule has 0 aliphatic rings. The van der Waals surface area contributed by atoms with E-state index in [2.05, 4.69) is 15.3 Å². The lowest BCUT2D eigenvalue weighted by Crippen LogP contribution is -2.12. The molecule has 7 heteroatoms. The van der Waals surface area contributed by atoms with Gasteiger partial charge in [-0.1, -0.05) is 18.2 Å². The van der Waals surface area contributed by atoms with Crippen molar-refractivity contribution in [3.8, 4) is 0 Å². The molecule has 0 saturated heterocycles. The van der Waals surface area contributed by atoms with E-state index in [-0.39, 0.29) is 23.9 Å². The molecule has 1 aromatic heterocycles. The Morgan fingerprint density at radius 2 is 1.79 bits per heavy atom. The molecule has 0 atom stereocenters. The van der Waals surface area contributed by atoms with Crippen LogP contribution >= 0.6 is 0 Å². The van der Waals surface area contributed by atoms with Crippen molar-refractivity contribution in [2.45, 2.75) is 6.92 Å². The SMILES string of the molecule is CCOC(=O)c1nc(Nc2c(F)cccc2F)c2ccccc2n1. The normalized spacial score (nSPS) is 10.6. The number of hydrogen-bond donors (Lipinski definition) is 1. The molecule has 0 aliphatic carbocycles. The summed E-state index contributed by atoms with van der Waals surface area (Å²) in [6.45, 7) is 1.83. The van der Waals surface area contributed by atoms with Gasteiger partial charge < -0.3 is 10.1 Å². The first-order valence-electron chi connectivity index (χ1n) is 7.25. The quantitative estimate of drug-likeness (QED) is 0.737. The second-order valence-electron chi connectivity index (χ2n) is 4.86. The van der Waals surface area contributed by atoms with Crippen LogP contribution in [-0.2, 0) is 4.74 Å². The van der Waals surface area contributed by atoms with Crippen LogP contribution in [0.3, 0.4) is 0 Å². The molecule has 1 heterocycles. The van der Waals surface area contributed by atoms with Gasteiger partial charge in [0.15, 0.2) is 0 Å². The summed E-state index contributed by atoms with van der Waals surface area (Å²) in [5.41, 5.74) is 0.103. The van der Waals surface area contributed by atoms with E-state index >= 15 is 0 Å². The number of hydrogen-bond acceptors (Lipinski definition) is 5. The molecular formula is C17H13F2N3O2. The van der Waals surface area contributed by atoms with E-state index in [0.29, 0.717) is 10.9 Å². The average molecular weight is 329 g/mol. The number of nitrogens with zero attached hydrogens (tertiary/aromatic N) is 2.